The number of rotatable bonds is 5. The van der Waals surface area contributed by atoms with Gasteiger partial charge < -0.3 is 5.32 Å². The minimum atomic E-state index is 0.249. The molecule has 2 atom stereocenters. The summed E-state index contributed by atoms with van der Waals surface area (Å²) in [6.07, 6.45) is 1.04. The molecule has 0 aliphatic rings. The predicted octanol–water partition coefficient (Wildman–Crippen LogP) is 4.21. The van der Waals surface area contributed by atoms with Gasteiger partial charge in [-0.2, -0.15) is 5.26 Å². The van der Waals surface area contributed by atoms with Crippen LogP contribution in [-0.2, 0) is 6.42 Å². The third-order valence-corrected chi connectivity index (χ3v) is 4.38. The quantitative estimate of drug-likeness (QED) is 0.892. The lowest BCUT2D eigenvalue weighted by Crippen LogP contribution is -2.30. The van der Waals surface area contributed by atoms with Crippen molar-refractivity contribution in [2.75, 3.05) is 0 Å². The molecular weight excluding hydrogens is 264 g/mol. The molecule has 0 spiro atoms. The lowest BCUT2D eigenvalue weighted by Gasteiger charge is -2.20. The van der Waals surface area contributed by atoms with Gasteiger partial charge in [-0.3, -0.25) is 0 Å². The first-order chi connectivity index (χ1) is 9.58. The first-order valence-corrected chi connectivity index (χ1v) is 7.71. The van der Waals surface area contributed by atoms with Crippen molar-refractivity contribution in [1.82, 2.24) is 5.32 Å². The third kappa shape index (κ3) is 3.93. The van der Waals surface area contributed by atoms with Crippen molar-refractivity contribution < 1.29 is 0 Å². The molecule has 1 aromatic carbocycles. The molecule has 0 aliphatic heterocycles. The molecule has 2 aromatic rings. The monoisotopic (exact) mass is 284 g/mol. The van der Waals surface area contributed by atoms with E-state index in [2.05, 4.69) is 50.4 Å². The van der Waals surface area contributed by atoms with E-state index in [0.29, 0.717) is 6.04 Å². The number of nitrogens with zero attached hydrogens (tertiary/aromatic N) is 1. The molecule has 0 aliphatic carbocycles. The fraction of sp³-hybridized carbons (Fsp3) is 0.353. The van der Waals surface area contributed by atoms with Crippen LogP contribution in [0.5, 0.6) is 0 Å². The van der Waals surface area contributed by atoms with Gasteiger partial charge >= 0.3 is 0 Å². The van der Waals surface area contributed by atoms with Gasteiger partial charge in [0.15, 0.2) is 0 Å². The number of hydrogen-bond acceptors (Lipinski definition) is 3. The highest BCUT2D eigenvalue weighted by Crippen LogP contribution is 2.19. The van der Waals surface area contributed by atoms with Crippen LogP contribution in [-0.4, -0.2) is 6.04 Å². The molecular formula is C17H20N2S. The summed E-state index contributed by atoms with van der Waals surface area (Å²) < 4.78 is 0. The number of aryl methyl sites for hydroxylation is 1. The number of nitriles is 1. The summed E-state index contributed by atoms with van der Waals surface area (Å²) in [4.78, 5) is 2.78. The predicted molar refractivity (Wildman–Crippen MR) is 84.9 cm³/mol. The topological polar surface area (TPSA) is 35.8 Å². The Morgan fingerprint density at radius 1 is 1.25 bits per heavy atom. The van der Waals surface area contributed by atoms with Crippen LogP contribution < -0.4 is 5.32 Å². The molecule has 0 amide bonds. The summed E-state index contributed by atoms with van der Waals surface area (Å²) in [5, 5.41) is 12.6. The molecule has 3 heteroatoms. The van der Waals surface area contributed by atoms with Gasteiger partial charge in [0.25, 0.3) is 0 Å². The van der Waals surface area contributed by atoms with Gasteiger partial charge in [-0.25, -0.2) is 0 Å². The van der Waals surface area contributed by atoms with Crippen LogP contribution in [0.3, 0.4) is 0 Å². The number of nitrogens with one attached hydrogen (secondary N) is 1. The normalized spacial score (nSPS) is 13.7. The van der Waals surface area contributed by atoms with Crippen LogP contribution in [0.15, 0.2) is 36.4 Å². The molecule has 0 saturated heterocycles. The molecule has 0 radical (unpaired) electrons. The van der Waals surface area contributed by atoms with Crippen LogP contribution in [0.2, 0.25) is 0 Å². The zero-order valence-corrected chi connectivity index (χ0v) is 13.0. The van der Waals surface area contributed by atoms with Crippen molar-refractivity contribution >= 4 is 11.3 Å². The molecule has 0 bridgehead atoms. The molecule has 1 N–H and O–H groups in total. The highest BCUT2D eigenvalue weighted by molar-refractivity contribution is 7.11. The van der Waals surface area contributed by atoms with Crippen molar-refractivity contribution in [2.24, 2.45) is 0 Å². The van der Waals surface area contributed by atoms with E-state index < -0.39 is 0 Å². The van der Waals surface area contributed by atoms with Crippen LogP contribution in [0.4, 0.5) is 0 Å². The lowest BCUT2D eigenvalue weighted by molar-refractivity contribution is 0.479. The first-order valence-electron chi connectivity index (χ1n) is 6.90. The summed E-state index contributed by atoms with van der Waals surface area (Å²) in [5.41, 5.74) is 1.89. The van der Waals surface area contributed by atoms with E-state index in [1.165, 1.54) is 15.3 Å². The Hall–Kier alpha value is -1.63. The molecule has 20 heavy (non-hydrogen) atoms. The molecule has 104 valence electrons. The highest BCUT2D eigenvalue weighted by atomic mass is 32.1. The van der Waals surface area contributed by atoms with Gasteiger partial charge in [0.05, 0.1) is 11.6 Å². The van der Waals surface area contributed by atoms with Gasteiger partial charge in [-0.15, -0.1) is 11.3 Å². The SMILES string of the molecule is Cc1ccc(CC(C)NC(C)c2cccc(C#N)c2)s1. The van der Waals surface area contributed by atoms with Crippen LogP contribution in [0, 0.1) is 18.3 Å². The maximum absolute atomic E-state index is 8.95. The minimum absolute atomic E-state index is 0.249. The number of hydrogen-bond donors (Lipinski definition) is 1. The molecule has 1 aromatic heterocycles. The second-order valence-corrected chi connectivity index (χ2v) is 6.62. The molecule has 2 rings (SSSR count). The Kier molecular flexibility index (Phi) is 4.94. The Balaban J connectivity index is 1.96. The Morgan fingerprint density at radius 3 is 2.70 bits per heavy atom. The van der Waals surface area contributed by atoms with E-state index in [1.807, 2.05) is 29.5 Å². The first kappa shape index (κ1) is 14.8. The Bertz CT molecular complexity index is 609. The average molecular weight is 284 g/mol. The zero-order chi connectivity index (χ0) is 14.5. The van der Waals surface area contributed by atoms with Crippen molar-refractivity contribution in [2.45, 2.75) is 39.3 Å². The van der Waals surface area contributed by atoms with Crippen LogP contribution in [0.25, 0.3) is 0 Å². The summed E-state index contributed by atoms with van der Waals surface area (Å²) in [6.45, 7) is 6.49. The summed E-state index contributed by atoms with van der Waals surface area (Å²) in [6, 6.07) is 15.0. The van der Waals surface area contributed by atoms with Crippen molar-refractivity contribution in [3.63, 3.8) is 0 Å². The van der Waals surface area contributed by atoms with E-state index in [9.17, 15) is 0 Å². The van der Waals surface area contributed by atoms with Gasteiger partial charge in [0, 0.05) is 21.8 Å². The fourth-order valence-electron chi connectivity index (χ4n) is 2.36. The second-order valence-electron chi connectivity index (χ2n) is 5.24. The minimum Gasteiger partial charge on any atom is -0.307 e. The summed E-state index contributed by atoms with van der Waals surface area (Å²) in [5.74, 6) is 0. The maximum atomic E-state index is 8.95. The van der Waals surface area contributed by atoms with E-state index in [0.717, 1.165) is 12.0 Å². The van der Waals surface area contributed by atoms with E-state index in [-0.39, 0.29) is 6.04 Å². The molecule has 2 unspecified atom stereocenters. The summed E-state index contributed by atoms with van der Waals surface area (Å²) >= 11 is 1.86. The van der Waals surface area contributed by atoms with E-state index in [1.54, 1.807) is 0 Å². The standard InChI is InChI=1S/C17H20N2S/c1-12(9-17-8-7-13(2)20-17)19-14(3)16-6-4-5-15(10-16)11-18/h4-8,10,12,14,19H,9H2,1-3H3. The zero-order valence-electron chi connectivity index (χ0n) is 12.2. The maximum Gasteiger partial charge on any atom is 0.0991 e. The Morgan fingerprint density at radius 2 is 2.05 bits per heavy atom. The van der Waals surface area contributed by atoms with Gasteiger partial charge in [0.1, 0.15) is 0 Å². The van der Waals surface area contributed by atoms with Gasteiger partial charge in [-0.1, -0.05) is 12.1 Å². The van der Waals surface area contributed by atoms with Crippen molar-refractivity contribution in [3.05, 3.63) is 57.3 Å². The van der Waals surface area contributed by atoms with Gasteiger partial charge in [0.2, 0.25) is 0 Å². The number of benzene rings is 1. The van der Waals surface area contributed by atoms with E-state index >= 15 is 0 Å². The Labute approximate surface area is 125 Å². The molecule has 0 saturated carbocycles. The largest absolute Gasteiger partial charge is 0.307 e. The van der Waals surface area contributed by atoms with Crippen LogP contribution >= 0.6 is 11.3 Å². The third-order valence-electron chi connectivity index (χ3n) is 3.35. The lowest BCUT2D eigenvalue weighted by atomic mass is 10.0. The average Bonchev–Trinajstić information content (AvgIpc) is 2.83. The number of thiophene rings is 1. The summed E-state index contributed by atoms with van der Waals surface area (Å²) in [7, 11) is 0. The van der Waals surface area contributed by atoms with Crippen molar-refractivity contribution in [3.8, 4) is 6.07 Å². The highest BCUT2D eigenvalue weighted by Gasteiger charge is 2.11. The van der Waals surface area contributed by atoms with Crippen LogP contribution in [0.1, 0.15) is 40.8 Å². The van der Waals surface area contributed by atoms with Gasteiger partial charge in [-0.05, 0) is 57.0 Å². The molecule has 2 nitrogen and oxygen atoms in total. The second kappa shape index (κ2) is 6.69. The smallest absolute Gasteiger partial charge is 0.0991 e. The molecule has 0 fully saturated rings. The van der Waals surface area contributed by atoms with E-state index in [4.69, 9.17) is 5.26 Å². The fourth-order valence-corrected chi connectivity index (χ4v) is 3.38. The molecule has 1 heterocycles. The van der Waals surface area contributed by atoms with Crippen molar-refractivity contribution in [1.29, 1.82) is 5.26 Å².